The molecule has 0 aliphatic carbocycles. The van der Waals surface area contributed by atoms with Gasteiger partial charge in [-0.15, -0.1) is 0 Å². The summed E-state index contributed by atoms with van der Waals surface area (Å²) in [5.41, 5.74) is -0.989. The molecule has 9 nitrogen and oxygen atoms in total. The Morgan fingerprint density at radius 3 is 2.04 bits per heavy atom. The quantitative estimate of drug-likeness (QED) is 0.459. The molecule has 0 aliphatic rings. The summed E-state index contributed by atoms with van der Waals surface area (Å²) in [6.07, 6.45) is 0.670. The van der Waals surface area contributed by atoms with Gasteiger partial charge in [-0.25, -0.2) is 4.68 Å². The van der Waals surface area contributed by atoms with Crippen LogP contribution < -0.4 is 5.56 Å². The van der Waals surface area contributed by atoms with Crippen LogP contribution in [0.3, 0.4) is 0 Å². The summed E-state index contributed by atoms with van der Waals surface area (Å²) in [7, 11) is -9.39. The second kappa shape index (κ2) is 9.24. The zero-order valence-electron chi connectivity index (χ0n) is 15.7. The van der Waals surface area contributed by atoms with Gasteiger partial charge in [-0.1, -0.05) is 20.8 Å². The Bertz CT molecular complexity index is 1090. The van der Waals surface area contributed by atoms with Crippen LogP contribution in [0.4, 0.5) is 0 Å². The van der Waals surface area contributed by atoms with Crippen molar-refractivity contribution in [2.24, 2.45) is 0 Å². The first-order valence-electron chi connectivity index (χ1n) is 7.19. The van der Waals surface area contributed by atoms with E-state index in [0.29, 0.717) is 12.1 Å². The van der Waals surface area contributed by atoms with Gasteiger partial charge >= 0.3 is 0 Å². The van der Waals surface area contributed by atoms with Gasteiger partial charge in [-0.05, 0) is 24.6 Å². The molecule has 0 saturated heterocycles. The van der Waals surface area contributed by atoms with Crippen LogP contribution in [0.5, 0.6) is 0 Å². The van der Waals surface area contributed by atoms with E-state index in [0.717, 1.165) is 22.9 Å². The number of rotatable bonds is 5. The third-order valence-corrected chi connectivity index (χ3v) is 5.83. The molecule has 1 aromatic carbocycles. The molecule has 0 atom stereocenters. The number of H-pyrrole nitrogens is 1. The number of nitrogens with zero attached hydrogens (tertiary/aromatic N) is 1. The molecule has 2 rings (SSSR count). The minimum Gasteiger partial charge on any atom is -0.294 e. The third kappa shape index (κ3) is 6.01. The summed E-state index contributed by atoms with van der Waals surface area (Å²) >= 11 is 0. The predicted octanol–water partition coefficient (Wildman–Crippen LogP) is 0.585. The Balaban J connectivity index is 0.00000338. The van der Waals surface area contributed by atoms with E-state index in [1.54, 1.807) is 0 Å². The summed E-state index contributed by atoms with van der Waals surface area (Å²) in [6, 6.07) is 3.66. The van der Waals surface area contributed by atoms with Crippen molar-refractivity contribution in [2.75, 3.05) is 0 Å². The molecule has 0 bridgehead atoms. The third-order valence-electron chi connectivity index (χ3n) is 4.08. The fourth-order valence-electron chi connectivity index (χ4n) is 2.16. The maximum atomic E-state index is 12.3. The average Bonchev–Trinajstić information content (AvgIpc) is 2.87. The number of hydrogen-bond donors (Lipinski definition) is 3. The summed E-state index contributed by atoms with van der Waals surface area (Å²) in [5, 5.41) is 2.73. The molecule has 140 valence electrons. The second-order valence-corrected chi connectivity index (χ2v) is 8.97. The number of nitrogens with one attached hydrogen (secondary N) is 1. The molecule has 0 amide bonds. The maximum Gasteiger partial charge on any atom is 0.296 e. The minimum atomic E-state index is -4.75. The zero-order chi connectivity index (χ0) is 19.2. The van der Waals surface area contributed by atoms with Crippen molar-refractivity contribution in [3.8, 4) is 5.69 Å². The zero-order valence-corrected chi connectivity index (χ0v) is 21.3. The van der Waals surface area contributed by atoms with Crippen LogP contribution in [0.2, 0.25) is 0 Å². The van der Waals surface area contributed by atoms with Crippen LogP contribution in [-0.4, -0.2) is 94.8 Å². The molecule has 0 saturated carbocycles. The number of aromatic nitrogens is 2. The van der Waals surface area contributed by atoms with Gasteiger partial charge in [-0.3, -0.25) is 19.0 Å². The summed E-state index contributed by atoms with van der Waals surface area (Å²) in [6.45, 7) is 5.63. The van der Waals surface area contributed by atoms with E-state index >= 15 is 0 Å². The number of benzene rings is 1. The van der Waals surface area contributed by atoms with E-state index in [2.05, 4.69) is 5.10 Å². The van der Waals surface area contributed by atoms with Gasteiger partial charge in [0, 0.05) is 76.3 Å². The van der Waals surface area contributed by atoms with Gasteiger partial charge in [0.15, 0.2) is 0 Å². The van der Waals surface area contributed by atoms with E-state index in [4.69, 9.17) is 4.55 Å². The van der Waals surface area contributed by atoms with Crippen molar-refractivity contribution >= 4 is 79.4 Å². The van der Waals surface area contributed by atoms with Crippen molar-refractivity contribution in [3.63, 3.8) is 0 Å². The average molecular weight is 436 g/mol. The first-order valence-corrected chi connectivity index (χ1v) is 10.1. The van der Waals surface area contributed by atoms with E-state index in [-0.39, 0.29) is 59.1 Å². The van der Waals surface area contributed by atoms with Crippen LogP contribution in [-0.2, 0) is 25.7 Å². The van der Waals surface area contributed by atoms with Crippen LogP contribution in [0.1, 0.15) is 32.9 Å². The van der Waals surface area contributed by atoms with Crippen molar-refractivity contribution in [1.29, 1.82) is 0 Å². The van der Waals surface area contributed by atoms with Gasteiger partial charge in [0.2, 0.25) is 0 Å². The van der Waals surface area contributed by atoms with Gasteiger partial charge in [0.05, 0.1) is 10.6 Å². The van der Waals surface area contributed by atoms with Crippen LogP contribution in [0, 0.1) is 0 Å². The molecule has 2 aromatic rings. The monoisotopic (exact) mass is 436 g/mol. The Hall–Kier alpha value is 0.0500. The Morgan fingerprint density at radius 1 is 1.04 bits per heavy atom. The molecule has 1 aromatic heterocycles. The van der Waals surface area contributed by atoms with Gasteiger partial charge < -0.3 is 0 Å². The van der Waals surface area contributed by atoms with E-state index < -0.39 is 46.7 Å². The van der Waals surface area contributed by atoms with Gasteiger partial charge in [-0.2, -0.15) is 16.8 Å². The molecule has 0 aliphatic heterocycles. The SMILES string of the molecule is CCC(C)(C)c1cc(=O)n(-c2cc(S(=O)(=O)O)ccc2S(=O)(=O)O)[nH]1.[Na].[Na]. The van der Waals surface area contributed by atoms with Crippen LogP contribution >= 0.6 is 0 Å². The van der Waals surface area contributed by atoms with Gasteiger partial charge in [0.1, 0.15) is 4.90 Å². The van der Waals surface area contributed by atoms with E-state index in [9.17, 15) is 26.2 Å². The maximum absolute atomic E-state index is 12.3. The second-order valence-electron chi connectivity index (χ2n) is 6.16. The molecule has 0 fully saturated rings. The van der Waals surface area contributed by atoms with Crippen LogP contribution in [0.25, 0.3) is 5.69 Å². The topological polar surface area (TPSA) is 147 Å². The van der Waals surface area contributed by atoms with Crippen molar-refractivity contribution in [2.45, 2.75) is 42.4 Å². The predicted molar refractivity (Wildman–Crippen MR) is 101 cm³/mol. The Morgan fingerprint density at radius 2 is 1.59 bits per heavy atom. The molecule has 0 spiro atoms. The van der Waals surface area contributed by atoms with Crippen molar-refractivity contribution in [1.82, 2.24) is 9.78 Å². The molecule has 1 heterocycles. The van der Waals surface area contributed by atoms with Gasteiger partial charge in [0.25, 0.3) is 25.8 Å². The number of hydrogen-bond acceptors (Lipinski definition) is 5. The molecule has 27 heavy (non-hydrogen) atoms. The minimum absolute atomic E-state index is 0. The Labute approximate surface area is 201 Å². The Kier molecular flexibility index (Phi) is 9.26. The number of aromatic amines is 1. The smallest absolute Gasteiger partial charge is 0.294 e. The summed E-state index contributed by atoms with van der Waals surface area (Å²) in [4.78, 5) is 11.0. The standard InChI is InChI=1S/C14H18N2O7S2.2Na/c1-4-14(2,3)12-8-13(17)16(15-12)10-7-9(24(18,19)20)5-6-11(10)25(21,22)23;;/h5-8,15H,4H2,1-3H3,(H,18,19,20)(H,21,22,23);;. The molecule has 0 unspecified atom stereocenters. The fraction of sp³-hybridized carbons (Fsp3) is 0.357. The molecule has 2 radical (unpaired) electrons. The van der Waals surface area contributed by atoms with Crippen molar-refractivity contribution < 1.29 is 25.9 Å². The largest absolute Gasteiger partial charge is 0.296 e. The fourth-order valence-corrected chi connectivity index (χ4v) is 3.32. The molecular formula is C14H18N2Na2O7S2. The van der Waals surface area contributed by atoms with E-state index in [1.807, 2.05) is 20.8 Å². The molecule has 3 N–H and O–H groups in total. The molecular weight excluding hydrogens is 418 g/mol. The van der Waals surface area contributed by atoms with Crippen molar-refractivity contribution in [3.05, 3.63) is 40.3 Å². The molecule has 13 heteroatoms. The first kappa shape index (κ1) is 27.0. The summed E-state index contributed by atoms with van der Waals surface area (Å²) in [5.74, 6) is 0. The first-order chi connectivity index (χ1) is 11.3. The van der Waals surface area contributed by atoms with Crippen LogP contribution in [0.15, 0.2) is 38.9 Å². The normalized spacial score (nSPS) is 12.2. The van der Waals surface area contributed by atoms with E-state index in [1.165, 1.54) is 6.07 Å². The summed E-state index contributed by atoms with van der Waals surface area (Å²) < 4.78 is 65.1.